The van der Waals surface area contributed by atoms with E-state index in [1.165, 1.54) is 17.0 Å². The van der Waals surface area contributed by atoms with Gasteiger partial charge in [-0.1, -0.05) is 30.3 Å². The molecule has 2 aliphatic heterocycles. The number of para-hydroxylation sites is 3. The first-order valence-corrected chi connectivity index (χ1v) is 13.0. The molecule has 12 heteroatoms. The van der Waals surface area contributed by atoms with E-state index in [1.54, 1.807) is 30.3 Å². The Kier molecular flexibility index (Phi) is 6.40. The molecule has 2 N–H and O–H groups in total. The highest BCUT2D eigenvalue weighted by molar-refractivity contribution is 6.11. The standard InChI is InChI=1S/C29H25F3N6O3/c30-29(31,32)19-10-12-21(13-11-19)38(20-6-2-1-3-7-20)24(39)18-37-25(40)28(35-27(37)41)14-16-36(17-15-28)26-33-22-8-4-5-9-23(22)34-26/h1-13H,14-18H2,(H,33,34)(H,35,41). The monoisotopic (exact) mass is 562 g/mol. The van der Waals surface area contributed by atoms with Crippen molar-refractivity contribution in [3.63, 3.8) is 0 Å². The van der Waals surface area contributed by atoms with Gasteiger partial charge in [-0.15, -0.1) is 0 Å². The smallest absolute Gasteiger partial charge is 0.342 e. The molecule has 41 heavy (non-hydrogen) atoms. The number of rotatable bonds is 5. The quantitative estimate of drug-likeness (QED) is 0.339. The lowest BCUT2D eigenvalue weighted by molar-refractivity contribution is -0.137. The van der Waals surface area contributed by atoms with E-state index in [0.29, 0.717) is 37.6 Å². The van der Waals surface area contributed by atoms with Crippen molar-refractivity contribution in [2.75, 3.05) is 29.4 Å². The molecule has 0 saturated carbocycles. The number of H-pyrrole nitrogens is 1. The van der Waals surface area contributed by atoms with Crippen LogP contribution in [-0.2, 0) is 15.8 Å². The molecule has 0 unspecified atom stereocenters. The molecule has 3 aromatic carbocycles. The predicted molar refractivity (Wildman–Crippen MR) is 146 cm³/mol. The minimum absolute atomic E-state index is 0.176. The van der Waals surface area contributed by atoms with Crippen LogP contribution < -0.4 is 15.1 Å². The number of imide groups is 1. The fourth-order valence-corrected chi connectivity index (χ4v) is 5.37. The average Bonchev–Trinajstić information content (AvgIpc) is 3.49. The number of piperidine rings is 1. The van der Waals surface area contributed by atoms with E-state index in [-0.39, 0.29) is 5.69 Å². The number of amides is 4. The predicted octanol–water partition coefficient (Wildman–Crippen LogP) is 4.84. The van der Waals surface area contributed by atoms with Gasteiger partial charge in [-0.3, -0.25) is 19.4 Å². The number of hydrogen-bond acceptors (Lipinski definition) is 5. The van der Waals surface area contributed by atoms with Crippen LogP contribution in [0.5, 0.6) is 0 Å². The number of carbonyl (C=O) groups is 3. The molecule has 3 heterocycles. The van der Waals surface area contributed by atoms with Crippen molar-refractivity contribution < 1.29 is 27.6 Å². The van der Waals surface area contributed by atoms with Crippen LogP contribution in [0.3, 0.4) is 0 Å². The largest absolute Gasteiger partial charge is 0.416 e. The molecular weight excluding hydrogens is 537 g/mol. The number of hydrogen-bond donors (Lipinski definition) is 2. The number of anilines is 3. The maximum absolute atomic E-state index is 13.6. The summed E-state index contributed by atoms with van der Waals surface area (Å²) in [6.07, 6.45) is -3.89. The number of aromatic nitrogens is 2. The van der Waals surface area contributed by atoms with Crippen LogP contribution in [-0.4, -0.2) is 57.9 Å². The zero-order chi connectivity index (χ0) is 28.8. The second kappa shape index (κ2) is 9.95. The number of benzene rings is 3. The summed E-state index contributed by atoms with van der Waals surface area (Å²) in [5, 5.41) is 2.80. The van der Waals surface area contributed by atoms with E-state index in [1.807, 2.05) is 29.2 Å². The van der Waals surface area contributed by atoms with Crippen molar-refractivity contribution in [2.45, 2.75) is 24.6 Å². The molecule has 1 spiro atoms. The second-order valence-electron chi connectivity index (χ2n) is 10.1. The summed E-state index contributed by atoms with van der Waals surface area (Å²) in [7, 11) is 0. The summed E-state index contributed by atoms with van der Waals surface area (Å²) < 4.78 is 39.4. The summed E-state index contributed by atoms with van der Waals surface area (Å²) in [5.41, 5.74) is 0.286. The third-order valence-electron chi connectivity index (χ3n) is 7.55. The van der Waals surface area contributed by atoms with Crippen molar-refractivity contribution in [3.8, 4) is 0 Å². The summed E-state index contributed by atoms with van der Waals surface area (Å²) in [5.74, 6) is -0.461. The average molecular weight is 563 g/mol. The molecule has 9 nitrogen and oxygen atoms in total. The SMILES string of the molecule is O=C1NC2(CCN(c3nc4ccccc4[nH]3)CC2)C(=O)N1CC(=O)N(c1ccccc1)c1ccc(C(F)(F)F)cc1. The second-order valence-corrected chi connectivity index (χ2v) is 10.1. The van der Waals surface area contributed by atoms with E-state index in [4.69, 9.17) is 0 Å². The van der Waals surface area contributed by atoms with Crippen molar-refractivity contribution in [3.05, 3.63) is 84.4 Å². The van der Waals surface area contributed by atoms with Crippen LogP contribution in [0, 0.1) is 0 Å². The zero-order valence-electron chi connectivity index (χ0n) is 21.7. The number of carbonyl (C=O) groups excluding carboxylic acids is 3. The van der Waals surface area contributed by atoms with Crippen LogP contribution in [0.1, 0.15) is 18.4 Å². The Morgan fingerprint density at radius 2 is 1.54 bits per heavy atom. The minimum Gasteiger partial charge on any atom is -0.342 e. The highest BCUT2D eigenvalue weighted by Gasteiger charge is 2.53. The maximum atomic E-state index is 13.6. The number of aromatic amines is 1. The van der Waals surface area contributed by atoms with Gasteiger partial charge in [0.2, 0.25) is 5.95 Å². The lowest BCUT2D eigenvalue weighted by atomic mass is 9.87. The molecule has 0 bridgehead atoms. The van der Waals surface area contributed by atoms with Gasteiger partial charge in [-0.2, -0.15) is 13.2 Å². The number of imidazole rings is 1. The Labute approximate surface area is 232 Å². The van der Waals surface area contributed by atoms with Gasteiger partial charge in [0.25, 0.3) is 11.8 Å². The maximum Gasteiger partial charge on any atom is 0.416 e. The summed E-state index contributed by atoms with van der Waals surface area (Å²) in [6.45, 7) is 0.334. The van der Waals surface area contributed by atoms with E-state index in [0.717, 1.165) is 28.1 Å². The van der Waals surface area contributed by atoms with Crippen LogP contribution in [0.25, 0.3) is 11.0 Å². The molecule has 6 rings (SSSR count). The molecule has 210 valence electrons. The molecular formula is C29H25F3N6O3. The van der Waals surface area contributed by atoms with E-state index >= 15 is 0 Å². The molecule has 2 fully saturated rings. The topological polar surface area (TPSA) is 102 Å². The third-order valence-corrected chi connectivity index (χ3v) is 7.55. The lowest BCUT2D eigenvalue weighted by Crippen LogP contribution is -2.55. The molecule has 0 radical (unpaired) electrons. The first kappa shape index (κ1) is 26.4. The molecule has 2 aliphatic rings. The van der Waals surface area contributed by atoms with Crippen molar-refractivity contribution in [2.24, 2.45) is 0 Å². The van der Waals surface area contributed by atoms with E-state index < -0.39 is 41.7 Å². The number of urea groups is 1. The Balaban J connectivity index is 1.19. The van der Waals surface area contributed by atoms with Crippen LogP contribution in [0.4, 0.5) is 35.3 Å². The number of halogens is 3. The van der Waals surface area contributed by atoms with Gasteiger partial charge < -0.3 is 15.2 Å². The molecule has 4 aromatic rings. The number of alkyl halides is 3. The van der Waals surface area contributed by atoms with Crippen LogP contribution in [0.2, 0.25) is 0 Å². The van der Waals surface area contributed by atoms with Gasteiger partial charge in [0.1, 0.15) is 12.1 Å². The first-order valence-electron chi connectivity index (χ1n) is 13.0. The van der Waals surface area contributed by atoms with Crippen molar-refractivity contribution >= 4 is 46.2 Å². The number of nitrogens with one attached hydrogen (secondary N) is 2. The van der Waals surface area contributed by atoms with Crippen LogP contribution >= 0.6 is 0 Å². The summed E-state index contributed by atoms with van der Waals surface area (Å²) in [6, 6.07) is 19.4. The van der Waals surface area contributed by atoms with Gasteiger partial charge in [-0.25, -0.2) is 9.78 Å². The van der Waals surface area contributed by atoms with Crippen LogP contribution in [0.15, 0.2) is 78.9 Å². The summed E-state index contributed by atoms with van der Waals surface area (Å²) in [4.78, 5) is 52.1. The number of nitrogens with zero attached hydrogens (tertiary/aromatic N) is 4. The van der Waals surface area contributed by atoms with Gasteiger partial charge in [-0.05, 0) is 61.4 Å². The molecule has 1 aromatic heterocycles. The normalized spacial score (nSPS) is 16.9. The van der Waals surface area contributed by atoms with Gasteiger partial charge >= 0.3 is 12.2 Å². The Morgan fingerprint density at radius 1 is 0.902 bits per heavy atom. The van der Waals surface area contributed by atoms with Gasteiger partial charge in [0.05, 0.1) is 16.6 Å². The molecule has 0 aliphatic carbocycles. The number of fused-ring (bicyclic) bond motifs is 1. The first-order chi connectivity index (χ1) is 19.6. The highest BCUT2D eigenvalue weighted by atomic mass is 19.4. The van der Waals surface area contributed by atoms with Gasteiger partial charge in [0.15, 0.2) is 0 Å². The zero-order valence-corrected chi connectivity index (χ0v) is 21.7. The Bertz CT molecular complexity index is 1580. The molecule has 2 saturated heterocycles. The van der Waals surface area contributed by atoms with E-state index in [9.17, 15) is 27.6 Å². The van der Waals surface area contributed by atoms with Gasteiger partial charge in [0, 0.05) is 24.5 Å². The van der Waals surface area contributed by atoms with Crippen molar-refractivity contribution in [1.82, 2.24) is 20.2 Å². The third kappa shape index (κ3) is 4.85. The van der Waals surface area contributed by atoms with Crippen molar-refractivity contribution in [1.29, 1.82) is 0 Å². The minimum atomic E-state index is -4.53. The molecule has 4 amide bonds. The lowest BCUT2D eigenvalue weighted by Gasteiger charge is -2.37. The molecule has 0 atom stereocenters. The summed E-state index contributed by atoms with van der Waals surface area (Å²) >= 11 is 0. The Morgan fingerprint density at radius 3 is 2.20 bits per heavy atom. The highest BCUT2D eigenvalue weighted by Crippen LogP contribution is 2.34. The fourth-order valence-electron chi connectivity index (χ4n) is 5.37. The Hall–Kier alpha value is -4.87. The van der Waals surface area contributed by atoms with E-state index in [2.05, 4.69) is 15.3 Å². The fraction of sp³-hybridized carbons (Fsp3) is 0.241.